The second kappa shape index (κ2) is 6.20. The van der Waals surface area contributed by atoms with Gasteiger partial charge in [0.1, 0.15) is 0 Å². The van der Waals surface area contributed by atoms with Gasteiger partial charge in [-0.25, -0.2) is 0 Å². The van der Waals surface area contributed by atoms with E-state index in [1.165, 1.54) is 11.1 Å². The van der Waals surface area contributed by atoms with Crippen molar-refractivity contribution >= 4 is 0 Å². The van der Waals surface area contributed by atoms with Crippen LogP contribution in [0.25, 0.3) is 0 Å². The molecule has 0 spiro atoms. The molecular formula is C14H18. The summed E-state index contributed by atoms with van der Waals surface area (Å²) in [5, 5.41) is 0. The van der Waals surface area contributed by atoms with Crippen molar-refractivity contribution in [1.82, 2.24) is 0 Å². The molecule has 0 heteroatoms. The first-order valence-electron chi connectivity index (χ1n) is 5.53. The normalized spacial score (nSPS) is 12.1. The third-order valence-electron chi connectivity index (χ3n) is 1.94. The summed E-state index contributed by atoms with van der Waals surface area (Å²) in [5.74, 6) is 0. The van der Waals surface area contributed by atoms with Crippen molar-refractivity contribution in [3.63, 3.8) is 0 Å². The molecule has 0 saturated heterocycles. The Morgan fingerprint density at radius 1 is 1.29 bits per heavy atom. The number of aryl methyl sites for hydroxylation is 1. The molecule has 14 heavy (non-hydrogen) atoms. The van der Waals surface area contributed by atoms with Crippen LogP contribution in [0, 0.1) is 0 Å². The number of rotatable bonds is 4. The third kappa shape index (κ3) is 4.66. The highest BCUT2D eigenvalue weighted by Crippen LogP contribution is 2.02. The van der Waals surface area contributed by atoms with Crippen LogP contribution in [0.15, 0.2) is 54.1 Å². The topological polar surface area (TPSA) is 0 Å². The van der Waals surface area contributed by atoms with Crippen LogP contribution in [-0.4, -0.2) is 0 Å². The summed E-state index contributed by atoms with van der Waals surface area (Å²) in [6.07, 6.45) is 5.65. The fourth-order valence-electron chi connectivity index (χ4n) is 1.17. The van der Waals surface area contributed by atoms with E-state index in [-0.39, 0.29) is 0 Å². The van der Waals surface area contributed by atoms with Gasteiger partial charge in [0.05, 0.1) is 1.37 Å². The zero-order chi connectivity index (χ0) is 11.1. The Morgan fingerprint density at radius 2 is 2.00 bits per heavy atom. The molecule has 0 bridgehead atoms. The van der Waals surface area contributed by atoms with Gasteiger partial charge in [-0.05, 0) is 32.3 Å². The summed E-state index contributed by atoms with van der Waals surface area (Å²) in [6, 6.07) is 11.0. The van der Waals surface area contributed by atoms with Crippen LogP contribution >= 0.6 is 0 Å². The Labute approximate surface area is 88.4 Å². The minimum atomic E-state index is 0.694. The number of hydrogen-bond donors (Lipinski definition) is 0. The van der Waals surface area contributed by atoms with Crippen LogP contribution < -0.4 is 0 Å². The van der Waals surface area contributed by atoms with E-state index >= 15 is 0 Å². The van der Waals surface area contributed by atoms with Crippen LogP contribution in [0.4, 0.5) is 0 Å². The van der Waals surface area contributed by atoms with Crippen LogP contribution in [-0.2, 0) is 6.42 Å². The maximum Gasteiger partial charge on any atom is 0.0576 e. The summed E-state index contributed by atoms with van der Waals surface area (Å²) in [7, 11) is 0. The maximum atomic E-state index is 7.73. The molecule has 1 aromatic carbocycles. The van der Waals surface area contributed by atoms with Crippen molar-refractivity contribution in [1.29, 1.82) is 0 Å². The van der Waals surface area contributed by atoms with Gasteiger partial charge < -0.3 is 0 Å². The molecule has 0 fully saturated rings. The lowest BCUT2D eigenvalue weighted by Gasteiger charge is -1.95. The van der Waals surface area contributed by atoms with Gasteiger partial charge in [-0.1, -0.05) is 54.1 Å². The molecule has 0 N–H and O–H groups in total. The fraction of sp³-hybridized carbons (Fsp3) is 0.286. The van der Waals surface area contributed by atoms with E-state index in [1.54, 1.807) is 0 Å². The van der Waals surface area contributed by atoms with Crippen molar-refractivity contribution in [2.45, 2.75) is 26.7 Å². The van der Waals surface area contributed by atoms with E-state index in [1.807, 2.05) is 44.2 Å². The fourth-order valence-corrected chi connectivity index (χ4v) is 1.17. The minimum absolute atomic E-state index is 0.694. The van der Waals surface area contributed by atoms with E-state index in [2.05, 4.69) is 12.1 Å². The molecule has 0 nitrogen and oxygen atoms in total. The maximum absolute atomic E-state index is 7.73. The van der Waals surface area contributed by atoms with Gasteiger partial charge in [0.15, 0.2) is 0 Å². The first kappa shape index (κ1) is 9.26. The average Bonchev–Trinajstić information content (AvgIpc) is 2.25. The van der Waals surface area contributed by atoms with E-state index in [0.717, 1.165) is 12.8 Å². The third-order valence-corrected chi connectivity index (χ3v) is 1.94. The van der Waals surface area contributed by atoms with Gasteiger partial charge in [0.2, 0.25) is 0 Å². The molecule has 0 aliphatic rings. The second-order valence-corrected chi connectivity index (χ2v) is 3.60. The minimum Gasteiger partial charge on any atom is -0.0842 e. The molecular weight excluding hydrogens is 168 g/mol. The Balaban J connectivity index is 2.44. The molecule has 0 unspecified atom stereocenters. The van der Waals surface area contributed by atoms with Gasteiger partial charge in [0.25, 0.3) is 0 Å². The molecule has 0 radical (unpaired) electrons. The summed E-state index contributed by atoms with van der Waals surface area (Å²) in [5.41, 5.74) is 2.53. The zero-order valence-electron chi connectivity index (χ0n) is 9.96. The van der Waals surface area contributed by atoms with Crippen molar-refractivity contribution < 1.29 is 1.37 Å². The Bertz CT molecular complexity index is 343. The van der Waals surface area contributed by atoms with Gasteiger partial charge >= 0.3 is 0 Å². The van der Waals surface area contributed by atoms with Crippen molar-refractivity contribution in [3.8, 4) is 0 Å². The van der Waals surface area contributed by atoms with Crippen molar-refractivity contribution in [3.05, 3.63) is 59.7 Å². The Kier molecular flexibility index (Phi) is 4.10. The summed E-state index contributed by atoms with van der Waals surface area (Å²) in [6.45, 7) is 4.09. The van der Waals surface area contributed by atoms with Crippen LogP contribution in [0.5, 0.6) is 0 Å². The number of benzene rings is 1. The highest BCUT2D eigenvalue weighted by molar-refractivity contribution is 5.16. The Morgan fingerprint density at radius 3 is 2.64 bits per heavy atom. The van der Waals surface area contributed by atoms with Gasteiger partial charge in [0, 0.05) is 0 Å². The van der Waals surface area contributed by atoms with Crippen molar-refractivity contribution in [2.24, 2.45) is 0 Å². The van der Waals surface area contributed by atoms with Gasteiger partial charge in [-0.2, -0.15) is 0 Å². The molecule has 74 valence electrons. The van der Waals surface area contributed by atoms with Gasteiger partial charge in [-0.3, -0.25) is 0 Å². The predicted octanol–water partition coefficient (Wildman–Crippen LogP) is 4.14. The Hall–Kier alpha value is -1.30. The van der Waals surface area contributed by atoms with E-state index in [4.69, 9.17) is 1.37 Å². The molecule has 0 atom stereocenters. The first-order valence-corrected chi connectivity index (χ1v) is 5.03. The highest BCUT2D eigenvalue weighted by atomic mass is 13.9. The standard InChI is InChI=1S/C14H18/c1-13(2)9-5-3-6-10-14-11-7-4-8-12-14/h3-5,7-9,11-12H,6,10H2,1-2H3/b5-3+/i3D. The number of allylic oxidation sites excluding steroid dienone is 4. The molecule has 0 heterocycles. The van der Waals surface area contributed by atoms with Crippen LogP contribution in [0.2, 0.25) is 0 Å². The molecule has 1 aromatic rings. The summed E-state index contributed by atoms with van der Waals surface area (Å²) in [4.78, 5) is 0. The van der Waals surface area contributed by atoms with E-state index in [0.29, 0.717) is 6.05 Å². The van der Waals surface area contributed by atoms with Crippen LogP contribution in [0.1, 0.15) is 27.2 Å². The smallest absolute Gasteiger partial charge is 0.0576 e. The lowest BCUT2D eigenvalue weighted by molar-refractivity contribution is 1.00. The average molecular weight is 187 g/mol. The molecule has 0 aromatic heterocycles. The first-order chi connectivity index (χ1) is 7.18. The van der Waals surface area contributed by atoms with E-state index < -0.39 is 0 Å². The monoisotopic (exact) mass is 187 g/mol. The lowest BCUT2D eigenvalue weighted by atomic mass is 10.1. The molecule has 1 rings (SSSR count). The summed E-state index contributed by atoms with van der Waals surface area (Å²) >= 11 is 0. The molecule has 0 amide bonds. The molecule has 0 aliphatic carbocycles. The predicted molar refractivity (Wildman–Crippen MR) is 63.3 cm³/mol. The van der Waals surface area contributed by atoms with Gasteiger partial charge in [-0.15, -0.1) is 0 Å². The molecule has 0 saturated carbocycles. The highest BCUT2D eigenvalue weighted by Gasteiger charge is 1.87. The lowest BCUT2D eigenvalue weighted by Crippen LogP contribution is -1.80. The zero-order valence-corrected chi connectivity index (χ0v) is 8.96. The molecule has 0 aliphatic heterocycles. The SMILES string of the molecule is [2H]/C(=C\C=C(C)C)CCc1ccccc1. The summed E-state index contributed by atoms with van der Waals surface area (Å²) < 4.78 is 7.73. The largest absolute Gasteiger partial charge is 0.0842 e. The number of hydrogen-bond acceptors (Lipinski definition) is 0. The van der Waals surface area contributed by atoms with Crippen molar-refractivity contribution in [2.75, 3.05) is 0 Å². The second-order valence-electron chi connectivity index (χ2n) is 3.60. The van der Waals surface area contributed by atoms with E-state index in [9.17, 15) is 0 Å². The quantitative estimate of drug-likeness (QED) is 0.621. The van der Waals surface area contributed by atoms with Crippen LogP contribution in [0.3, 0.4) is 0 Å².